The second-order valence-electron chi connectivity index (χ2n) is 3.70. The molecule has 0 unspecified atom stereocenters. The van der Waals surface area contributed by atoms with Gasteiger partial charge in [0.15, 0.2) is 0 Å². The average Bonchev–Trinajstić information content (AvgIpc) is 2.45. The van der Waals surface area contributed by atoms with E-state index in [9.17, 15) is 9.59 Å². The van der Waals surface area contributed by atoms with Crippen LogP contribution in [0.25, 0.3) is 0 Å². The Bertz CT molecular complexity index is 446. The summed E-state index contributed by atoms with van der Waals surface area (Å²) in [6.07, 6.45) is 1.55. The van der Waals surface area contributed by atoms with Gasteiger partial charge in [-0.25, -0.2) is 4.79 Å². The number of nitrogen functional groups attached to an aromatic ring is 1. The van der Waals surface area contributed by atoms with E-state index < -0.39 is 0 Å². The maximum absolute atomic E-state index is 11.6. The van der Waals surface area contributed by atoms with Crippen LogP contribution < -0.4 is 5.73 Å². The molecule has 0 spiro atoms. The van der Waals surface area contributed by atoms with Crippen molar-refractivity contribution in [2.75, 3.05) is 19.3 Å². The lowest BCUT2D eigenvalue weighted by Gasteiger charge is -2.13. The van der Waals surface area contributed by atoms with E-state index in [1.165, 1.54) is 9.80 Å². The molecule has 1 aromatic heterocycles. The van der Waals surface area contributed by atoms with E-state index in [-0.39, 0.29) is 25.0 Å². The summed E-state index contributed by atoms with van der Waals surface area (Å²) < 4.78 is 0. The van der Waals surface area contributed by atoms with Crippen LogP contribution in [0.4, 0.5) is 10.5 Å². The van der Waals surface area contributed by atoms with Crippen molar-refractivity contribution in [2.45, 2.75) is 6.54 Å². The molecule has 0 radical (unpaired) electrons. The summed E-state index contributed by atoms with van der Waals surface area (Å²) in [6.45, 7) is 0.300. The first-order valence-electron chi connectivity index (χ1n) is 4.84. The molecule has 16 heavy (non-hydrogen) atoms. The van der Waals surface area contributed by atoms with Gasteiger partial charge < -0.3 is 10.6 Å². The third-order valence-electron chi connectivity index (χ3n) is 2.39. The number of imide groups is 1. The van der Waals surface area contributed by atoms with E-state index in [2.05, 4.69) is 4.98 Å². The van der Waals surface area contributed by atoms with Gasteiger partial charge in [-0.2, -0.15) is 0 Å². The number of amides is 3. The van der Waals surface area contributed by atoms with Gasteiger partial charge in [-0.15, -0.1) is 0 Å². The highest BCUT2D eigenvalue weighted by atomic mass is 16.2. The number of nitrogens with zero attached hydrogens (tertiary/aromatic N) is 3. The van der Waals surface area contributed by atoms with Crippen LogP contribution in [0.1, 0.15) is 5.69 Å². The van der Waals surface area contributed by atoms with Crippen LogP contribution in [-0.2, 0) is 11.3 Å². The minimum atomic E-state index is -0.297. The van der Waals surface area contributed by atoms with Gasteiger partial charge in [-0.05, 0) is 12.1 Å². The number of hydrogen-bond acceptors (Lipinski definition) is 4. The number of anilines is 1. The first-order chi connectivity index (χ1) is 7.58. The Hall–Kier alpha value is -2.11. The molecule has 3 amide bonds. The molecule has 1 aliphatic rings. The molecule has 1 saturated heterocycles. The van der Waals surface area contributed by atoms with Crippen LogP contribution >= 0.6 is 0 Å². The average molecular weight is 220 g/mol. The number of nitrogens with two attached hydrogens (primary N) is 1. The van der Waals surface area contributed by atoms with E-state index in [1.807, 2.05) is 0 Å². The second kappa shape index (κ2) is 3.80. The van der Waals surface area contributed by atoms with Gasteiger partial charge in [0.25, 0.3) is 5.91 Å². The topological polar surface area (TPSA) is 79.5 Å². The third kappa shape index (κ3) is 1.81. The second-order valence-corrected chi connectivity index (χ2v) is 3.70. The zero-order valence-corrected chi connectivity index (χ0v) is 8.88. The molecular formula is C10H12N4O2. The van der Waals surface area contributed by atoms with Crippen molar-refractivity contribution in [3.8, 4) is 0 Å². The molecule has 1 fully saturated rings. The van der Waals surface area contributed by atoms with Gasteiger partial charge in [-0.1, -0.05) is 0 Å². The van der Waals surface area contributed by atoms with Crippen LogP contribution in [0.5, 0.6) is 0 Å². The number of carbonyl (C=O) groups excluding carboxylic acids is 2. The Morgan fingerprint density at radius 3 is 2.81 bits per heavy atom. The molecule has 2 rings (SSSR count). The van der Waals surface area contributed by atoms with Crippen LogP contribution in [-0.4, -0.2) is 40.3 Å². The van der Waals surface area contributed by atoms with Crippen molar-refractivity contribution in [3.63, 3.8) is 0 Å². The number of hydrogen-bond donors (Lipinski definition) is 1. The lowest BCUT2D eigenvalue weighted by atomic mass is 10.3. The quantitative estimate of drug-likeness (QED) is 0.714. The molecule has 0 saturated carbocycles. The Labute approximate surface area is 92.7 Å². The van der Waals surface area contributed by atoms with E-state index in [1.54, 1.807) is 25.4 Å². The summed E-state index contributed by atoms with van der Waals surface area (Å²) in [5, 5.41) is 0. The molecule has 6 nitrogen and oxygen atoms in total. The maximum atomic E-state index is 11.6. The predicted molar refractivity (Wildman–Crippen MR) is 57.2 cm³/mol. The number of pyridine rings is 1. The molecule has 6 heteroatoms. The zero-order valence-electron chi connectivity index (χ0n) is 8.88. The van der Waals surface area contributed by atoms with Crippen LogP contribution in [0.15, 0.2) is 18.3 Å². The fraction of sp³-hybridized carbons (Fsp3) is 0.300. The zero-order chi connectivity index (χ0) is 11.7. The summed E-state index contributed by atoms with van der Waals surface area (Å²) in [5.41, 5.74) is 6.77. The van der Waals surface area contributed by atoms with Crippen LogP contribution in [0.3, 0.4) is 0 Å². The minimum absolute atomic E-state index is 0.126. The number of aromatic nitrogens is 1. The SMILES string of the molecule is CN1CC(=O)N(Cc2cc(N)ccn2)C1=O. The van der Waals surface area contributed by atoms with E-state index in [0.717, 1.165) is 0 Å². The van der Waals surface area contributed by atoms with Crippen molar-refractivity contribution in [1.29, 1.82) is 0 Å². The van der Waals surface area contributed by atoms with Crippen molar-refractivity contribution in [2.24, 2.45) is 0 Å². The molecule has 1 aliphatic heterocycles. The largest absolute Gasteiger partial charge is 0.399 e. The number of urea groups is 1. The van der Waals surface area contributed by atoms with E-state index in [4.69, 9.17) is 5.73 Å². The number of carbonyl (C=O) groups is 2. The van der Waals surface area contributed by atoms with Gasteiger partial charge in [0.2, 0.25) is 0 Å². The lowest BCUT2D eigenvalue weighted by Crippen LogP contribution is -2.31. The molecule has 0 atom stereocenters. The Balaban J connectivity index is 2.16. The standard InChI is InChI=1S/C10H12N4O2/c1-13-6-9(15)14(10(13)16)5-8-4-7(11)2-3-12-8/h2-4H,5-6H2,1H3,(H2,11,12). The first kappa shape index (κ1) is 10.4. The van der Waals surface area contributed by atoms with Gasteiger partial charge >= 0.3 is 6.03 Å². The third-order valence-corrected chi connectivity index (χ3v) is 2.39. The minimum Gasteiger partial charge on any atom is -0.399 e. The molecule has 2 heterocycles. The van der Waals surface area contributed by atoms with E-state index in [0.29, 0.717) is 11.4 Å². The van der Waals surface area contributed by atoms with Crippen molar-refractivity contribution in [3.05, 3.63) is 24.0 Å². The normalized spacial score (nSPS) is 16.1. The number of likely N-dealkylation sites (N-methyl/N-ethyl adjacent to an activating group) is 1. The highest BCUT2D eigenvalue weighted by molar-refractivity contribution is 6.01. The molecule has 0 aliphatic carbocycles. The fourth-order valence-electron chi connectivity index (χ4n) is 1.57. The van der Waals surface area contributed by atoms with Crippen molar-refractivity contribution >= 4 is 17.6 Å². The predicted octanol–water partition coefficient (Wildman–Crippen LogP) is 0.0578. The Morgan fingerprint density at radius 2 is 2.25 bits per heavy atom. The van der Waals surface area contributed by atoms with Crippen LogP contribution in [0, 0.1) is 0 Å². The molecule has 0 aromatic carbocycles. The van der Waals surface area contributed by atoms with Gasteiger partial charge in [0, 0.05) is 18.9 Å². The lowest BCUT2D eigenvalue weighted by molar-refractivity contribution is -0.125. The summed E-state index contributed by atoms with van der Waals surface area (Å²) in [4.78, 5) is 29.7. The fourth-order valence-corrected chi connectivity index (χ4v) is 1.57. The van der Waals surface area contributed by atoms with Gasteiger partial charge in [-0.3, -0.25) is 14.7 Å². The first-order valence-corrected chi connectivity index (χ1v) is 4.84. The molecule has 0 bridgehead atoms. The Kier molecular flexibility index (Phi) is 2.47. The summed E-state index contributed by atoms with van der Waals surface area (Å²) >= 11 is 0. The van der Waals surface area contributed by atoms with Crippen molar-refractivity contribution < 1.29 is 9.59 Å². The highest BCUT2D eigenvalue weighted by Gasteiger charge is 2.33. The molecule has 84 valence electrons. The molecule has 2 N–H and O–H groups in total. The van der Waals surface area contributed by atoms with E-state index >= 15 is 0 Å². The van der Waals surface area contributed by atoms with Crippen molar-refractivity contribution in [1.82, 2.24) is 14.8 Å². The monoisotopic (exact) mass is 220 g/mol. The maximum Gasteiger partial charge on any atom is 0.327 e. The smallest absolute Gasteiger partial charge is 0.327 e. The number of rotatable bonds is 2. The summed E-state index contributed by atoms with van der Waals surface area (Å²) in [7, 11) is 1.59. The van der Waals surface area contributed by atoms with Gasteiger partial charge in [0.05, 0.1) is 12.2 Å². The molecule has 1 aromatic rings. The summed E-state index contributed by atoms with van der Waals surface area (Å²) in [5.74, 6) is -0.211. The molecular weight excluding hydrogens is 208 g/mol. The highest BCUT2D eigenvalue weighted by Crippen LogP contribution is 2.13. The summed E-state index contributed by atoms with van der Waals surface area (Å²) in [6, 6.07) is 3.01. The van der Waals surface area contributed by atoms with Gasteiger partial charge in [0.1, 0.15) is 6.54 Å². The van der Waals surface area contributed by atoms with Crippen LogP contribution in [0.2, 0.25) is 0 Å². The Morgan fingerprint density at radius 1 is 1.50 bits per heavy atom.